The minimum absolute atomic E-state index is 0.0579. The number of rotatable bonds is 11. The van der Waals surface area contributed by atoms with Crippen molar-refractivity contribution in [3.8, 4) is 22.2 Å². The molecule has 1 aromatic carbocycles. The Morgan fingerprint density at radius 3 is 2.93 bits per heavy atom. The van der Waals surface area contributed by atoms with Crippen LogP contribution in [0.2, 0.25) is 0 Å². The molecular weight excluding hydrogens is 420 g/mol. The van der Waals surface area contributed by atoms with Crippen molar-refractivity contribution in [3.05, 3.63) is 46.0 Å². The maximum Gasteiger partial charge on any atom is 0.222 e. The molecule has 2 aromatic heterocycles. The van der Waals surface area contributed by atoms with Crippen LogP contribution >= 0.6 is 23.6 Å². The Labute approximate surface area is 185 Å². The molecule has 3 aromatic rings. The van der Waals surface area contributed by atoms with E-state index in [9.17, 15) is 4.79 Å². The van der Waals surface area contributed by atoms with Gasteiger partial charge in [0.1, 0.15) is 0 Å². The number of nitrogens with zero attached hydrogens (tertiary/aromatic N) is 2. The molecule has 0 bridgehead atoms. The van der Waals surface area contributed by atoms with Crippen LogP contribution in [0.4, 0.5) is 0 Å². The summed E-state index contributed by atoms with van der Waals surface area (Å²) in [6.07, 6.45) is 2.38. The first-order valence-electron chi connectivity index (χ1n) is 9.88. The van der Waals surface area contributed by atoms with Gasteiger partial charge in [0, 0.05) is 19.5 Å². The van der Waals surface area contributed by atoms with Crippen LogP contribution in [0.1, 0.15) is 31.7 Å². The molecule has 160 valence electrons. The molecular formula is C21H26N4O3S2. The topological polar surface area (TPSA) is 81.2 Å². The number of hydrogen-bond acceptors (Lipinski definition) is 6. The van der Waals surface area contributed by atoms with Crippen molar-refractivity contribution in [1.29, 1.82) is 0 Å². The summed E-state index contributed by atoms with van der Waals surface area (Å²) in [5.74, 6) is 2.09. The van der Waals surface area contributed by atoms with E-state index >= 15 is 0 Å². The number of benzene rings is 1. The van der Waals surface area contributed by atoms with Crippen molar-refractivity contribution in [2.45, 2.75) is 39.3 Å². The molecule has 2 N–H and O–H groups in total. The number of H-pyrrole nitrogens is 1. The number of aromatic amines is 1. The predicted octanol–water partition coefficient (Wildman–Crippen LogP) is 4.56. The van der Waals surface area contributed by atoms with Crippen LogP contribution in [0.15, 0.2) is 35.7 Å². The van der Waals surface area contributed by atoms with E-state index in [4.69, 9.17) is 21.7 Å². The molecule has 0 aliphatic rings. The number of aromatic nitrogens is 3. The second-order valence-corrected chi connectivity index (χ2v) is 8.03. The Kier molecular flexibility index (Phi) is 8.04. The highest BCUT2D eigenvalue weighted by Crippen LogP contribution is 2.28. The summed E-state index contributed by atoms with van der Waals surface area (Å²) >= 11 is 6.89. The van der Waals surface area contributed by atoms with Gasteiger partial charge >= 0.3 is 0 Å². The molecule has 3 rings (SSSR count). The number of carbonyl (C=O) groups is 1. The summed E-state index contributed by atoms with van der Waals surface area (Å²) in [7, 11) is 1.62. The van der Waals surface area contributed by atoms with Gasteiger partial charge in [-0.05, 0) is 47.8 Å². The van der Waals surface area contributed by atoms with Gasteiger partial charge < -0.3 is 14.8 Å². The third-order valence-electron chi connectivity index (χ3n) is 4.54. The first-order valence-corrected chi connectivity index (χ1v) is 11.2. The molecule has 0 spiro atoms. The van der Waals surface area contributed by atoms with Crippen molar-refractivity contribution < 1.29 is 14.3 Å². The lowest BCUT2D eigenvalue weighted by molar-refractivity contribution is -0.121. The molecule has 30 heavy (non-hydrogen) atoms. The molecule has 1 amide bonds. The number of hydrogen-bond donors (Lipinski definition) is 2. The van der Waals surface area contributed by atoms with E-state index in [0.29, 0.717) is 36.6 Å². The standard InChI is InChI=1S/C21H26N4O3S2/c1-3-4-11-28-16-8-7-15(13-17(16)27-2)14-22-19(26)9-10-25-20(23-24-21(25)29)18-6-5-12-30-18/h5-8,12-13H,3-4,9-11,14H2,1-2H3,(H,22,26)(H,24,29). The highest BCUT2D eigenvalue weighted by Gasteiger charge is 2.12. The number of carbonyl (C=O) groups excluding carboxylic acids is 1. The number of amides is 1. The van der Waals surface area contributed by atoms with E-state index in [1.807, 2.05) is 40.3 Å². The summed E-state index contributed by atoms with van der Waals surface area (Å²) in [4.78, 5) is 13.4. The minimum Gasteiger partial charge on any atom is -0.493 e. The van der Waals surface area contributed by atoms with E-state index in [0.717, 1.165) is 34.9 Å². The molecule has 0 aliphatic heterocycles. The van der Waals surface area contributed by atoms with Gasteiger partial charge in [0.15, 0.2) is 22.1 Å². The summed E-state index contributed by atoms with van der Waals surface area (Å²) in [6.45, 7) is 3.66. The van der Waals surface area contributed by atoms with Crippen molar-refractivity contribution in [1.82, 2.24) is 20.1 Å². The number of nitrogens with one attached hydrogen (secondary N) is 2. The second kappa shape index (κ2) is 10.9. The number of ether oxygens (including phenoxy) is 2. The maximum atomic E-state index is 12.4. The minimum atomic E-state index is -0.0579. The quantitative estimate of drug-likeness (QED) is 0.333. The third-order valence-corrected chi connectivity index (χ3v) is 5.71. The van der Waals surface area contributed by atoms with Crippen LogP contribution < -0.4 is 14.8 Å². The van der Waals surface area contributed by atoms with Gasteiger partial charge in [-0.2, -0.15) is 5.10 Å². The fourth-order valence-electron chi connectivity index (χ4n) is 2.89. The van der Waals surface area contributed by atoms with Crippen LogP contribution in [0.25, 0.3) is 10.7 Å². The lowest BCUT2D eigenvalue weighted by atomic mass is 10.2. The van der Waals surface area contributed by atoms with E-state index in [1.54, 1.807) is 18.4 Å². The van der Waals surface area contributed by atoms with Gasteiger partial charge in [-0.15, -0.1) is 11.3 Å². The smallest absolute Gasteiger partial charge is 0.222 e. The first-order chi connectivity index (χ1) is 14.6. The molecule has 7 nitrogen and oxygen atoms in total. The summed E-state index contributed by atoms with van der Waals surface area (Å²) < 4.78 is 13.5. The van der Waals surface area contributed by atoms with Crippen LogP contribution in [0, 0.1) is 4.77 Å². The SMILES string of the molecule is CCCCOc1ccc(CNC(=O)CCn2c(-c3cccs3)n[nH]c2=S)cc1OC. The van der Waals surface area contributed by atoms with Crippen LogP contribution in [0.3, 0.4) is 0 Å². The Morgan fingerprint density at radius 1 is 1.33 bits per heavy atom. The lowest BCUT2D eigenvalue weighted by Crippen LogP contribution is -2.24. The highest BCUT2D eigenvalue weighted by atomic mass is 32.1. The second-order valence-electron chi connectivity index (χ2n) is 6.70. The van der Waals surface area contributed by atoms with Crippen LogP contribution in [0.5, 0.6) is 11.5 Å². The first kappa shape index (κ1) is 22.0. The largest absolute Gasteiger partial charge is 0.493 e. The maximum absolute atomic E-state index is 12.4. The number of methoxy groups -OCH3 is 1. The predicted molar refractivity (Wildman–Crippen MR) is 121 cm³/mol. The van der Waals surface area contributed by atoms with Gasteiger partial charge in [0.25, 0.3) is 0 Å². The number of thiophene rings is 1. The van der Waals surface area contributed by atoms with Crippen molar-refractivity contribution in [2.24, 2.45) is 0 Å². The molecule has 2 heterocycles. The van der Waals surface area contributed by atoms with E-state index in [2.05, 4.69) is 22.4 Å². The zero-order valence-electron chi connectivity index (χ0n) is 17.1. The van der Waals surface area contributed by atoms with Crippen molar-refractivity contribution in [3.63, 3.8) is 0 Å². The van der Waals surface area contributed by atoms with Gasteiger partial charge in [-0.1, -0.05) is 25.5 Å². The Balaban J connectivity index is 1.54. The van der Waals surface area contributed by atoms with Gasteiger partial charge in [0.2, 0.25) is 5.91 Å². The highest BCUT2D eigenvalue weighted by molar-refractivity contribution is 7.71. The average Bonchev–Trinajstić information content (AvgIpc) is 3.41. The van der Waals surface area contributed by atoms with Gasteiger partial charge in [0.05, 0.1) is 18.6 Å². The zero-order valence-corrected chi connectivity index (χ0v) is 18.8. The normalized spacial score (nSPS) is 10.7. The van der Waals surface area contributed by atoms with E-state index < -0.39 is 0 Å². The fraction of sp³-hybridized carbons (Fsp3) is 0.381. The molecule has 9 heteroatoms. The zero-order chi connectivity index (χ0) is 21.3. The Bertz CT molecular complexity index is 1010. The lowest BCUT2D eigenvalue weighted by Gasteiger charge is -2.12. The average molecular weight is 447 g/mol. The van der Waals surface area contributed by atoms with E-state index in [-0.39, 0.29) is 5.91 Å². The summed E-state index contributed by atoms with van der Waals surface area (Å²) in [6, 6.07) is 9.65. The van der Waals surface area contributed by atoms with Gasteiger partial charge in [-0.25, -0.2) is 0 Å². The molecule has 0 radical (unpaired) electrons. The Morgan fingerprint density at radius 2 is 2.20 bits per heavy atom. The number of unbranched alkanes of at least 4 members (excludes halogenated alkanes) is 1. The third kappa shape index (κ3) is 5.70. The summed E-state index contributed by atoms with van der Waals surface area (Å²) in [5, 5.41) is 12.0. The molecule has 0 atom stereocenters. The monoisotopic (exact) mass is 446 g/mol. The summed E-state index contributed by atoms with van der Waals surface area (Å²) in [5.41, 5.74) is 0.947. The molecule has 0 saturated heterocycles. The van der Waals surface area contributed by atoms with Gasteiger partial charge in [-0.3, -0.25) is 14.5 Å². The van der Waals surface area contributed by atoms with Crippen molar-refractivity contribution in [2.75, 3.05) is 13.7 Å². The fourth-order valence-corrected chi connectivity index (χ4v) is 3.83. The molecule has 0 saturated carbocycles. The van der Waals surface area contributed by atoms with E-state index in [1.165, 1.54) is 0 Å². The molecule has 0 aliphatic carbocycles. The van der Waals surface area contributed by atoms with Crippen LogP contribution in [-0.2, 0) is 17.9 Å². The molecule has 0 unspecified atom stereocenters. The van der Waals surface area contributed by atoms with Crippen molar-refractivity contribution >= 4 is 29.5 Å². The van der Waals surface area contributed by atoms with Crippen LogP contribution in [-0.4, -0.2) is 34.4 Å². The Hall–Kier alpha value is -2.65. The molecule has 0 fully saturated rings.